The summed E-state index contributed by atoms with van der Waals surface area (Å²) in [6.07, 6.45) is -11.7. The molecule has 17 heteroatoms. The zero-order valence-electron chi connectivity index (χ0n) is 38.5. The second-order valence-electron chi connectivity index (χ2n) is 22.9. The minimum Gasteiger partial charge on any atom is -0.481 e. The Morgan fingerprint density at radius 2 is 1.38 bits per heavy atom. The van der Waals surface area contributed by atoms with Gasteiger partial charge in [-0.05, 0) is 111 Å². The number of carboxylic acids is 1. The van der Waals surface area contributed by atoms with Gasteiger partial charge in [-0.25, -0.2) is 0 Å². The van der Waals surface area contributed by atoms with Crippen molar-refractivity contribution in [2.75, 3.05) is 19.8 Å². The van der Waals surface area contributed by atoms with Crippen LogP contribution in [0.3, 0.4) is 0 Å². The fraction of sp³-hybridized carbons (Fsp3) is 0.936. The van der Waals surface area contributed by atoms with Gasteiger partial charge < -0.3 is 79.5 Å². The molecule has 4 saturated carbocycles. The lowest BCUT2D eigenvalue weighted by atomic mass is 9.33. The molecule has 3 aliphatic heterocycles. The first kappa shape index (κ1) is 49.0. The molecule has 3 saturated heterocycles. The number of aliphatic hydroxyl groups is 9. The van der Waals surface area contributed by atoms with E-state index < -0.39 is 116 Å². The van der Waals surface area contributed by atoms with Gasteiger partial charge in [0, 0.05) is 5.41 Å². The minimum absolute atomic E-state index is 0.00757. The van der Waals surface area contributed by atoms with Crippen LogP contribution in [0, 0.1) is 50.2 Å². The Kier molecular flexibility index (Phi) is 13.2. The Bertz CT molecular complexity index is 1750. The molecule has 5 aliphatic carbocycles. The van der Waals surface area contributed by atoms with Crippen LogP contribution in [-0.4, -0.2) is 169 Å². The number of rotatable bonds is 9. The van der Waals surface area contributed by atoms with Crippen molar-refractivity contribution in [3.8, 4) is 0 Å². The van der Waals surface area contributed by atoms with E-state index in [0.717, 1.165) is 44.9 Å². The number of hydrogen-bond donors (Lipinski definition) is 10. The third-order valence-electron chi connectivity index (χ3n) is 19.1. The van der Waals surface area contributed by atoms with Crippen LogP contribution in [0.15, 0.2) is 11.6 Å². The second-order valence-corrected chi connectivity index (χ2v) is 22.9. The number of carbonyl (C=O) groups is 1. The van der Waals surface area contributed by atoms with Gasteiger partial charge in [-0.3, -0.25) is 4.79 Å². The largest absolute Gasteiger partial charge is 0.481 e. The van der Waals surface area contributed by atoms with Gasteiger partial charge in [0.05, 0.1) is 37.4 Å². The monoisotopic (exact) mass is 913 g/mol. The lowest BCUT2D eigenvalue weighted by Gasteiger charge is -2.71. The van der Waals surface area contributed by atoms with Crippen LogP contribution in [0.4, 0.5) is 0 Å². The third kappa shape index (κ3) is 7.49. The molecule has 3 heterocycles. The van der Waals surface area contributed by atoms with Crippen molar-refractivity contribution in [2.45, 2.75) is 205 Å². The molecule has 8 rings (SSSR count). The molecule has 0 unspecified atom stereocenters. The number of aliphatic carboxylic acids is 1. The van der Waals surface area contributed by atoms with E-state index >= 15 is 0 Å². The van der Waals surface area contributed by atoms with Crippen LogP contribution in [0.2, 0.25) is 0 Å². The van der Waals surface area contributed by atoms with Gasteiger partial charge in [0.2, 0.25) is 0 Å². The SMILES string of the molecule is C[C@H]1O[C@@H](O[C@@H]2[C@H](O[C@@H]3CC[C@@]4(C)[C@H](CC[C@]5(C)[C@@H]4CC=C4[C@H]6CC(C)(C)CC[C@]6(C(=O)O)CC[C@@]45C)[C@@]3(C)CO)OC[C@@H](O[C@H]3O[C@@H](CO)[C@H](O)[C@@H](O)[C@@H]3O)[C@@H]2O)[C@H](O)[C@H](O)[C@@H]1O. The predicted octanol–water partition coefficient (Wildman–Crippen LogP) is 1.35. The molecule has 0 radical (unpaired) electrons. The van der Waals surface area contributed by atoms with Crippen molar-refractivity contribution >= 4 is 5.97 Å². The minimum atomic E-state index is -1.77. The second kappa shape index (κ2) is 17.2. The summed E-state index contributed by atoms with van der Waals surface area (Å²) < 4.78 is 36.5. The van der Waals surface area contributed by atoms with E-state index in [1.807, 2.05) is 6.92 Å². The Morgan fingerprint density at radius 1 is 0.719 bits per heavy atom. The maximum Gasteiger partial charge on any atom is 0.310 e. The number of carboxylic acid groups (broad SMARTS) is 1. The first-order valence-corrected chi connectivity index (χ1v) is 23.7. The molecule has 0 aromatic rings. The topological polar surface area (TPSA) is 275 Å². The van der Waals surface area contributed by atoms with E-state index in [1.54, 1.807) is 0 Å². The molecular weight excluding hydrogens is 837 g/mol. The quantitative estimate of drug-likeness (QED) is 0.116. The van der Waals surface area contributed by atoms with E-state index in [1.165, 1.54) is 12.5 Å². The molecule has 8 aliphatic rings. The summed E-state index contributed by atoms with van der Waals surface area (Å²) >= 11 is 0. The van der Waals surface area contributed by atoms with Gasteiger partial charge in [0.15, 0.2) is 18.9 Å². The molecule has 0 amide bonds. The van der Waals surface area contributed by atoms with Gasteiger partial charge in [-0.1, -0.05) is 53.2 Å². The summed E-state index contributed by atoms with van der Waals surface area (Å²) in [5.41, 5.74) is -0.704. The van der Waals surface area contributed by atoms with E-state index in [4.69, 9.17) is 28.4 Å². The standard InChI is InChI=1S/C47H76O17/c1-22-30(50)33(53)35(55)38(60-22)64-37-32(52)26(62-39-36(56)34(54)31(51)25(19-48)61-39)20-59-40(37)63-29-11-12-43(4)27(44(29,5)21-49)10-13-46(7)28(43)9-8-23-24-18-42(2,3)14-16-47(24,41(57)58)17-15-45(23,46)6/h8,22,24-40,48-56H,9-21H2,1-7H3,(H,57,58)/t22-,24-,25+,26-,27+,28-,29-,30-,31+,32+,33-,34-,35-,36+,37+,38+,39-,40+,43+,44-,45+,46-,47+/m1/s1. The molecule has 10 N–H and O–H groups in total. The van der Waals surface area contributed by atoms with Gasteiger partial charge in [-0.2, -0.15) is 0 Å². The van der Waals surface area contributed by atoms with Gasteiger partial charge in [0.25, 0.3) is 0 Å². The number of ether oxygens (including phenoxy) is 6. The van der Waals surface area contributed by atoms with Crippen molar-refractivity contribution in [3.05, 3.63) is 11.6 Å². The van der Waals surface area contributed by atoms with E-state index in [-0.39, 0.29) is 52.6 Å². The van der Waals surface area contributed by atoms with E-state index in [0.29, 0.717) is 19.3 Å². The summed E-state index contributed by atoms with van der Waals surface area (Å²) in [4.78, 5) is 13.1. The van der Waals surface area contributed by atoms with Gasteiger partial charge >= 0.3 is 5.97 Å². The van der Waals surface area contributed by atoms with Crippen molar-refractivity contribution in [3.63, 3.8) is 0 Å². The molecule has 64 heavy (non-hydrogen) atoms. The highest BCUT2D eigenvalue weighted by Crippen LogP contribution is 2.76. The van der Waals surface area contributed by atoms with Crippen LogP contribution in [0.5, 0.6) is 0 Å². The van der Waals surface area contributed by atoms with Crippen LogP contribution < -0.4 is 0 Å². The smallest absolute Gasteiger partial charge is 0.310 e. The first-order valence-electron chi connectivity index (χ1n) is 23.7. The number of aliphatic hydroxyl groups excluding tert-OH is 9. The summed E-state index contributed by atoms with van der Waals surface area (Å²) in [6.45, 7) is 14.0. The van der Waals surface area contributed by atoms with E-state index in [2.05, 4.69) is 40.7 Å². The molecule has 7 fully saturated rings. The molecule has 0 bridgehead atoms. The third-order valence-corrected chi connectivity index (χ3v) is 19.1. The zero-order chi connectivity index (χ0) is 46.7. The average molecular weight is 913 g/mol. The van der Waals surface area contributed by atoms with Crippen LogP contribution in [-0.2, 0) is 33.2 Å². The number of allylic oxidation sites excluding steroid dienone is 2. The van der Waals surface area contributed by atoms with Crippen molar-refractivity contribution < 1.29 is 84.3 Å². The highest BCUT2D eigenvalue weighted by Gasteiger charge is 2.70. The maximum atomic E-state index is 13.1. The van der Waals surface area contributed by atoms with Crippen molar-refractivity contribution in [2.24, 2.45) is 50.2 Å². The fourth-order valence-electron chi connectivity index (χ4n) is 14.8. The molecule has 0 aromatic heterocycles. The van der Waals surface area contributed by atoms with Gasteiger partial charge in [0.1, 0.15) is 61.0 Å². The molecular formula is C47H76O17. The van der Waals surface area contributed by atoms with Crippen molar-refractivity contribution in [1.82, 2.24) is 0 Å². The summed E-state index contributed by atoms with van der Waals surface area (Å²) in [5.74, 6) is -0.441. The van der Waals surface area contributed by atoms with Crippen LogP contribution in [0.25, 0.3) is 0 Å². The lowest BCUT2D eigenvalue weighted by Crippen LogP contribution is -2.67. The summed E-state index contributed by atoms with van der Waals surface area (Å²) in [5, 5.41) is 108. The summed E-state index contributed by atoms with van der Waals surface area (Å²) in [6, 6.07) is 0. The molecule has 23 atom stereocenters. The lowest BCUT2D eigenvalue weighted by molar-refractivity contribution is -0.381. The molecule has 0 spiro atoms. The fourth-order valence-corrected chi connectivity index (χ4v) is 14.8. The average Bonchev–Trinajstić information content (AvgIpc) is 3.24. The van der Waals surface area contributed by atoms with Crippen LogP contribution in [0.1, 0.15) is 113 Å². The van der Waals surface area contributed by atoms with Gasteiger partial charge in [-0.15, -0.1) is 0 Å². The van der Waals surface area contributed by atoms with Crippen LogP contribution >= 0.6 is 0 Å². The predicted molar refractivity (Wildman–Crippen MR) is 225 cm³/mol. The Labute approximate surface area is 376 Å². The van der Waals surface area contributed by atoms with Crippen molar-refractivity contribution in [1.29, 1.82) is 0 Å². The Balaban J connectivity index is 1.05. The highest BCUT2D eigenvalue weighted by molar-refractivity contribution is 5.76. The molecule has 0 aromatic carbocycles. The molecule has 366 valence electrons. The zero-order valence-corrected chi connectivity index (χ0v) is 38.5. The summed E-state index contributed by atoms with van der Waals surface area (Å²) in [7, 11) is 0. The first-order chi connectivity index (χ1) is 29.9. The highest BCUT2D eigenvalue weighted by atomic mass is 16.8. The molecule has 17 nitrogen and oxygen atoms in total. The Morgan fingerprint density at radius 3 is 2.03 bits per heavy atom. The number of hydrogen-bond acceptors (Lipinski definition) is 16. The van der Waals surface area contributed by atoms with E-state index in [9.17, 15) is 55.9 Å². The Hall–Kier alpha value is -1.39. The maximum absolute atomic E-state index is 13.1. The number of fused-ring (bicyclic) bond motifs is 7. The normalized spacial score (nSPS) is 55.0.